The van der Waals surface area contributed by atoms with Gasteiger partial charge in [-0.25, -0.2) is 0 Å². The molecule has 0 saturated heterocycles. The summed E-state index contributed by atoms with van der Waals surface area (Å²) in [6.45, 7) is 2.10. The summed E-state index contributed by atoms with van der Waals surface area (Å²) in [5, 5.41) is 13.0. The number of aliphatic hydroxyl groups is 1. The summed E-state index contributed by atoms with van der Waals surface area (Å²) in [5.74, 6) is 0.969. The normalized spacial score (nSPS) is 15.9. The predicted octanol–water partition coefficient (Wildman–Crippen LogP) is 2.87. The van der Waals surface area contributed by atoms with E-state index in [1.54, 1.807) is 0 Å². The van der Waals surface area contributed by atoms with Gasteiger partial charge in [0.1, 0.15) is 0 Å². The Kier molecular flexibility index (Phi) is 3.54. The average molecular weight is 223 g/mol. The molecule has 1 aliphatic heterocycles. The molecule has 3 heteroatoms. The highest BCUT2D eigenvalue weighted by Crippen LogP contribution is 2.34. The van der Waals surface area contributed by atoms with Gasteiger partial charge in [0.05, 0.1) is 12.0 Å². The standard InChI is InChI=1S/C12H17NOS/c1-2-3-10(14)6-9-4-5-11-12(7-9)15-8-13-11/h4-5,7,10,13-14H,2-3,6,8H2,1H3. The predicted molar refractivity (Wildman–Crippen MR) is 65.4 cm³/mol. The van der Waals surface area contributed by atoms with Crippen molar-refractivity contribution >= 4 is 17.4 Å². The van der Waals surface area contributed by atoms with E-state index >= 15 is 0 Å². The van der Waals surface area contributed by atoms with Gasteiger partial charge >= 0.3 is 0 Å². The van der Waals surface area contributed by atoms with Crippen molar-refractivity contribution in [1.29, 1.82) is 0 Å². The summed E-state index contributed by atoms with van der Waals surface area (Å²) in [7, 11) is 0. The van der Waals surface area contributed by atoms with Crippen LogP contribution < -0.4 is 5.32 Å². The van der Waals surface area contributed by atoms with Crippen LogP contribution in [0.3, 0.4) is 0 Å². The summed E-state index contributed by atoms with van der Waals surface area (Å²) in [5.41, 5.74) is 2.47. The molecule has 2 N–H and O–H groups in total. The summed E-state index contributed by atoms with van der Waals surface area (Å²) >= 11 is 1.83. The number of aliphatic hydroxyl groups excluding tert-OH is 1. The van der Waals surface area contributed by atoms with Crippen LogP contribution in [-0.4, -0.2) is 17.1 Å². The van der Waals surface area contributed by atoms with E-state index < -0.39 is 0 Å². The quantitative estimate of drug-likeness (QED) is 0.823. The molecule has 0 saturated carbocycles. The smallest absolute Gasteiger partial charge is 0.0658 e. The van der Waals surface area contributed by atoms with Gasteiger partial charge in [-0.2, -0.15) is 0 Å². The monoisotopic (exact) mass is 223 g/mol. The second-order valence-corrected chi connectivity index (χ2v) is 4.96. The Morgan fingerprint density at radius 3 is 3.20 bits per heavy atom. The van der Waals surface area contributed by atoms with Crippen LogP contribution in [0.15, 0.2) is 23.1 Å². The van der Waals surface area contributed by atoms with E-state index in [1.165, 1.54) is 16.1 Å². The van der Waals surface area contributed by atoms with E-state index in [0.717, 1.165) is 25.1 Å². The van der Waals surface area contributed by atoms with E-state index in [9.17, 15) is 5.11 Å². The lowest BCUT2D eigenvalue weighted by Crippen LogP contribution is -2.09. The van der Waals surface area contributed by atoms with Crippen molar-refractivity contribution in [2.45, 2.75) is 37.2 Å². The van der Waals surface area contributed by atoms with Crippen molar-refractivity contribution in [2.75, 3.05) is 11.2 Å². The maximum absolute atomic E-state index is 9.73. The summed E-state index contributed by atoms with van der Waals surface area (Å²) in [6, 6.07) is 6.42. The first-order chi connectivity index (χ1) is 7.29. The molecule has 0 aromatic heterocycles. The molecule has 1 aromatic rings. The van der Waals surface area contributed by atoms with Crippen LogP contribution in [0.4, 0.5) is 5.69 Å². The van der Waals surface area contributed by atoms with Crippen molar-refractivity contribution in [3.63, 3.8) is 0 Å². The zero-order valence-corrected chi connectivity index (χ0v) is 9.81. The van der Waals surface area contributed by atoms with Crippen LogP contribution in [0.25, 0.3) is 0 Å². The van der Waals surface area contributed by atoms with E-state index in [2.05, 4.69) is 30.4 Å². The third kappa shape index (κ3) is 2.67. The highest BCUT2D eigenvalue weighted by atomic mass is 32.2. The van der Waals surface area contributed by atoms with Gasteiger partial charge in [0.25, 0.3) is 0 Å². The first-order valence-corrected chi connectivity index (χ1v) is 6.46. The summed E-state index contributed by atoms with van der Waals surface area (Å²) in [6.07, 6.45) is 2.53. The zero-order valence-electron chi connectivity index (χ0n) is 8.99. The lowest BCUT2D eigenvalue weighted by molar-refractivity contribution is 0.164. The third-order valence-corrected chi connectivity index (χ3v) is 3.57. The molecule has 1 aromatic carbocycles. The maximum atomic E-state index is 9.73. The van der Waals surface area contributed by atoms with Crippen LogP contribution in [0.2, 0.25) is 0 Å². The number of hydrogen-bond donors (Lipinski definition) is 2. The Hall–Kier alpha value is -0.670. The number of nitrogens with one attached hydrogen (secondary N) is 1. The first kappa shape index (κ1) is 10.8. The van der Waals surface area contributed by atoms with Crippen LogP contribution in [0, 0.1) is 0 Å². The fraction of sp³-hybridized carbons (Fsp3) is 0.500. The molecule has 0 aliphatic carbocycles. The summed E-state index contributed by atoms with van der Waals surface area (Å²) < 4.78 is 0. The first-order valence-electron chi connectivity index (χ1n) is 5.47. The molecular weight excluding hydrogens is 206 g/mol. The van der Waals surface area contributed by atoms with Crippen molar-refractivity contribution in [1.82, 2.24) is 0 Å². The fourth-order valence-electron chi connectivity index (χ4n) is 1.86. The van der Waals surface area contributed by atoms with E-state index in [1.807, 2.05) is 11.8 Å². The highest BCUT2D eigenvalue weighted by molar-refractivity contribution is 7.99. The molecule has 1 aliphatic rings. The minimum Gasteiger partial charge on any atom is -0.393 e. The average Bonchev–Trinajstić information content (AvgIpc) is 2.65. The molecule has 82 valence electrons. The molecule has 0 bridgehead atoms. The molecule has 1 unspecified atom stereocenters. The second kappa shape index (κ2) is 4.90. The molecule has 0 spiro atoms. The van der Waals surface area contributed by atoms with E-state index in [-0.39, 0.29) is 6.10 Å². The largest absolute Gasteiger partial charge is 0.393 e. The van der Waals surface area contributed by atoms with Gasteiger partial charge in [0, 0.05) is 10.6 Å². The molecule has 15 heavy (non-hydrogen) atoms. The van der Waals surface area contributed by atoms with Gasteiger partial charge in [-0.1, -0.05) is 19.4 Å². The fourth-order valence-corrected chi connectivity index (χ4v) is 2.77. The number of hydrogen-bond acceptors (Lipinski definition) is 3. The number of anilines is 1. The zero-order chi connectivity index (χ0) is 10.7. The molecule has 0 amide bonds. The van der Waals surface area contributed by atoms with Gasteiger partial charge in [-0.05, 0) is 30.5 Å². The second-order valence-electron chi connectivity index (χ2n) is 3.94. The molecule has 2 nitrogen and oxygen atoms in total. The molecule has 2 rings (SSSR count). The van der Waals surface area contributed by atoms with Gasteiger partial charge in [-0.3, -0.25) is 0 Å². The van der Waals surface area contributed by atoms with Gasteiger partial charge < -0.3 is 10.4 Å². The Labute approximate surface area is 95.1 Å². The van der Waals surface area contributed by atoms with Gasteiger partial charge in [-0.15, -0.1) is 11.8 Å². The Bertz CT molecular complexity index is 340. The van der Waals surface area contributed by atoms with E-state index in [0.29, 0.717) is 0 Å². The van der Waals surface area contributed by atoms with Gasteiger partial charge in [0.2, 0.25) is 0 Å². The van der Waals surface area contributed by atoms with Crippen molar-refractivity contribution in [3.8, 4) is 0 Å². The Morgan fingerprint density at radius 1 is 1.53 bits per heavy atom. The molecule has 1 atom stereocenters. The Balaban J connectivity index is 2.03. The van der Waals surface area contributed by atoms with Crippen LogP contribution in [-0.2, 0) is 6.42 Å². The van der Waals surface area contributed by atoms with Crippen LogP contribution in [0.1, 0.15) is 25.3 Å². The molecule has 1 heterocycles. The number of benzene rings is 1. The van der Waals surface area contributed by atoms with Crippen LogP contribution in [0.5, 0.6) is 0 Å². The molecular formula is C12H17NOS. The molecule has 0 fully saturated rings. The lowest BCUT2D eigenvalue weighted by Gasteiger charge is -2.09. The van der Waals surface area contributed by atoms with Crippen molar-refractivity contribution in [2.24, 2.45) is 0 Å². The highest BCUT2D eigenvalue weighted by Gasteiger charge is 2.12. The maximum Gasteiger partial charge on any atom is 0.0658 e. The number of rotatable bonds is 4. The molecule has 0 radical (unpaired) electrons. The number of thioether (sulfide) groups is 1. The minimum atomic E-state index is -0.188. The van der Waals surface area contributed by atoms with Gasteiger partial charge in [0.15, 0.2) is 0 Å². The van der Waals surface area contributed by atoms with Crippen LogP contribution >= 0.6 is 11.8 Å². The van der Waals surface area contributed by atoms with Crippen molar-refractivity contribution in [3.05, 3.63) is 23.8 Å². The number of fused-ring (bicyclic) bond motifs is 1. The minimum absolute atomic E-state index is 0.188. The lowest BCUT2D eigenvalue weighted by atomic mass is 10.0. The third-order valence-electron chi connectivity index (χ3n) is 2.63. The van der Waals surface area contributed by atoms with Crippen molar-refractivity contribution < 1.29 is 5.11 Å². The Morgan fingerprint density at radius 2 is 2.40 bits per heavy atom. The SMILES string of the molecule is CCCC(O)Cc1ccc2c(c1)SCN2. The summed E-state index contributed by atoms with van der Waals surface area (Å²) in [4.78, 5) is 1.32. The topological polar surface area (TPSA) is 32.3 Å². The van der Waals surface area contributed by atoms with E-state index in [4.69, 9.17) is 0 Å².